The summed E-state index contributed by atoms with van der Waals surface area (Å²) < 4.78 is 7.48. The molecule has 0 amide bonds. The lowest BCUT2D eigenvalue weighted by atomic mass is 9.87. The first-order chi connectivity index (χ1) is 10.2. The second-order valence-electron chi connectivity index (χ2n) is 5.83. The first-order valence-electron chi connectivity index (χ1n) is 7.60. The molecule has 5 heteroatoms. The second kappa shape index (κ2) is 5.93. The Hall–Kier alpha value is -1.75. The van der Waals surface area contributed by atoms with E-state index in [0.29, 0.717) is 18.6 Å². The van der Waals surface area contributed by atoms with Gasteiger partial charge in [0.1, 0.15) is 5.75 Å². The molecular formula is C16H23N3O2. The molecule has 2 aromatic rings. The molecule has 0 atom stereocenters. The molecule has 1 fully saturated rings. The molecule has 114 valence electrons. The smallest absolute Gasteiger partial charge is 0.144 e. The minimum atomic E-state index is 0.316. The van der Waals surface area contributed by atoms with Crippen molar-refractivity contribution in [1.82, 2.24) is 9.78 Å². The largest absolute Gasteiger partial charge is 0.495 e. The van der Waals surface area contributed by atoms with Gasteiger partial charge in [0.25, 0.3) is 0 Å². The Labute approximate surface area is 124 Å². The highest BCUT2D eigenvalue weighted by Crippen LogP contribution is 2.34. The van der Waals surface area contributed by atoms with E-state index in [1.54, 1.807) is 7.11 Å². The average molecular weight is 289 g/mol. The lowest BCUT2D eigenvalue weighted by molar-refractivity contribution is 0.165. The van der Waals surface area contributed by atoms with Gasteiger partial charge in [-0.05, 0) is 37.7 Å². The predicted molar refractivity (Wildman–Crippen MR) is 83.9 cm³/mol. The zero-order valence-electron chi connectivity index (χ0n) is 12.7. The highest BCUT2D eigenvalue weighted by atomic mass is 16.5. The summed E-state index contributed by atoms with van der Waals surface area (Å²) in [5.74, 6) is 1.29. The molecular weight excluding hydrogens is 266 g/mol. The molecule has 0 bridgehead atoms. The third-order valence-electron chi connectivity index (χ3n) is 4.56. The molecule has 0 unspecified atom stereocenters. The van der Waals surface area contributed by atoms with E-state index in [1.165, 1.54) is 0 Å². The Morgan fingerprint density at radius 3 is 2.71 bits per heavy atom. The van der Waals surface area contributed by atoms with Gasteiger partial charge in [-0.1, -0.05) is 0 Å². The number of methoxy groups -OCH3 is 1. The standard InChI is InChI=1S/C16H23N3O2/c1-17-15-7-12-9-19(18-14(12)8-16(15)21-2)13-5-3-11(10-20)4-6-13/h7-9,11,13,17,20H,3-6,10H2,1-2H3. The van der Waals surface area contributed by atoms with Crippen molar-refractivity contribution in [2.45, 2.75) is 31.7 Å². The van der Waals surface area contributed by atoms with Crippen molar-refractivity contribution >= 4 is 16.6 Å². The number of fused-ring (bicyclic) bond motifs is 1. The summed E-state index contributed by atoms with van der Waals surface area (Å²) in [6, 6.07) is 4.51. The van der Waals surface area contributed by atoms with E-state index >= 15 is 0 Å². The molecule has 0 radical (unpaired) electrons. The molecule has 1 heterocycles. The summed E-state index contributed by atoms with van der Waals surface area (Å²) in [6.07, 6.45) is 6.48. The van der Waals surface area contributed by atoms with Crippen LogP contribution in [-0.2, 0) is 0 Å². The number of nitrogens with one attached hydrogen (secondary N) is 1. The molecule has 5 nitrogen and oxygen atoms in total. The van der Waals surface area contributed by atoms with Gasteiger partial charge < -0.3 is 15.2 Å². The minimum absolute atomic E-state index is 0.316. The number of hydrogen-bond acceptors (Lipinski definition) is 4. The number of aliphatic hydroxyl groups excluding tert-OH is 1. The Bertz CT molecular complexity index is 574. The molecule has 1 aliphatic rings. The van der Waals surface area contributed by atoms with Crippen LogP contribution < -0.4 is 10.1 Å². The van der Waals surface area contributed by atoms with Crippen LogP contribution in [0.15, 0.2) is 18.3 Å². The molecule has 1 aromatic heterocycles. The summed E-state index contributed by atoms with van der Waals surface area (Å²) in [7, 11) is 3.57. The number of aliphatic hydroxyl groups is 1. The van der Waals surface area contributed by atoms with Gasteiger partial charge in [-0.15, -0.1) is 0 Å². The van der Waals surface area contributed by atoms with Crippen LogP contribution in [0.1, 0.15) is 31.7 Å². The zero-order chi connectivity index (χ0) is 14.8. The number of aromatic nitrogens is 2. The van der Waals surface area contributed by atoms with E-state index in [4.69, 9.17) is 9.84 Å². The number of anilines is 1. The van der Waals surface area contributed by atoms with Crippen molar-refractivity contribution in [2.75, 3.05) is 26.1 Å². The van der Waals surface area contributed by atoms with Crippen molar-refractivity contribution in [3.63, 3.8) is 0 Å². The fraction of sp³-hybridized carbons (Fsp3) is 0.562. The minimum Gasteiger partial charge on any atom is -0.495 e. The molecule has 0 saturated heterocycles. The number of nitrogens with zero attached hydrogens (tertiary/aromatic N) is 2. The topological polar surface area (TPSA) is 59.3 Å². The molecule has 1 saturated carbocycles. The van der Waals surface area contributed by atoms with Crippen LogP contribution >= 0.6 is 0 Å². The van der Waals surface area contributed by atoms with E-state index in [1.807, 2.05) is 13.1 Å². The van der Waals surface area contributed by atoms with Gasteiger partial charge >= 0.3 is 0 Å². The van der Waals surface area contributed by atoms with Crippen molar-refractivity contribution in [1.29, 1.82) is 0 Å². The molecule has 21 heavy (non-hydrogen) atoms. The normalized spacial score (nSPS) is 22.4. The number of rotatable bonds is 4. The fourth-order valence-electron chi connectivity index (χ4n) is 3.21. The first-order valence-corrected chi connectivity index (χ1v) is 7.60. The summed E-state index contributed by atoms with van der Waals surface area (Å²) in [5.41, 5.74) is 1.95. The van der Waals surface area contributed by atoms with E-state index in [2.05, 4.69) is 22.3 Å². The molecule has 1 aromatic carbocycles. The van der Waals surface area contributed by atoms with Gasteiger partial charge in [0, 0.05) is 31.3 Å². The molecule has 0 aliphatic heterocycles. The van der Waals surface area contributed by atoms with Crippen molar-refractivity contribution < 1.29 is 9.84 Å². The lowest BCUT2D eigenvalue weighted by Crippen LogP contribution is -2.20. The Morgan fingerprint density at radius 2 is 2.10 bits per heavy atom. The second-order valence-corrected chi connectivity index (χ2v) is 5.83. The maximum Gasteiger partial charge on any atom is 0.144 e. The Kier molecular flexibility index (Phi) is 4.01. The number of ether oxygens (including phenoxy) is 1. The van der Waals surface area contributed by atoms with Crippen LogP contribution in [0.2, 0.25) is 0 Å². The lowest BCUT2D eigenvalue weighted by Gasteiger charge is -2.27. The summed E-state index contributed by atoms with van der Waals surface area (Å²) >= 11 is 0. The highest BCUT2D eigenvalue weighted by Gasteiger charge is 2.22. The SMILES string of the molecule is CNc1cc2cn(C3CCC(CO)CC3)nc2cc1OC. The van der Waals surface area contributed by atoms with Crippen LogP contribution in [0.3, 0.4) is 0 Å². The van der Waals surface area contributed by atoms with Crippen LogP contribution in [0, 0.1) is 5.92 Å². The third kappa shape index (κ3) is 2.70. The zero-order valence-corrected chi connectivity index (χ0v) is 12.7. The number of hydrogen-bond donors (Lipinski definition) is 2. The third-order valence-corrected chi connectivity index (χ3v) is 4.56. The van der Waals surface area contributed by atoms with Gasteiger partial charge in [0.15, 0.2) is 0 Å². The maximum atomic E-state index is 9.23. The summed E-state index contributed by atoms with van der Waals surface area (Å²) in [4.78, 5) is 0. The van der Waals surface area contributed by atoms with E-state index in [-0.39, 0.29) is 0 Å². The number of benzene rings is 1. The predicted octanol–water partition coefficient (Wildman–Crippen LogP) is 2.81. The van der Waals surface area contributed by atoms with Crippen molar-refractivity contribution in [2.24, 2.45) is 5.92 Å². The van der Waals surface area contributed by atoms with E-state index < -0.39 is 0 Å². The van der Waals surface area contributed by atoms with Crippen LogP contribution in [0.5, 0.6) is 5.75 Å². The quantitative estimate of drug-likeness (QED) is 0.908. The van der Waals surface area contributed by atoms with E-state index in [9.17, 15) is 5.11 Å². The average Bonchev–Trinajstić information content (AvgIpc) is 2.96. The van der Waals surface area contributed by atoms with Gasteiger partial charge in [0.05, 0.1) is 24.4 Å². The van der Waals surface area contributed by atoms with E-state index in [0.717, 1.165) is 48.0 Å². The van der Waals surface area contributed by atoms with Crippen LogP contribution in [-0.4, -0.2) is 35.7 Å². The fourth-order valence-corrected chi connectivity index (χ4v) is 3.21. The highest BCUT2D eigenvalue weighted by molar-refractivity contribution is 5.85. The van der Waals surface area contributed by atoms with Gasteiger partial charge in [-0.3, -0.25) is 4.68 Å². The molecule has 2 N–H and O–H groups in total. The Morgan fingerprint density at radius 1 is 1.33 bits per heavy atom. The monoisotopic (exact) mass is 289 g/mol. The molecule has 1 aliphatic carbocycles. The Balaban J connectivity index is 1.87. The molecule has 0 spiro atoms. The van der Waals surface area contributed by atoms with Crippen molar-refractivity contribution in [3.05, 3.63) is 18.3 Å². The van der Waals surface area contributed by atoms with Crippen LogP contribution in [0.25, 0.3) is 10.9 Å². The first kappa shape index (κ1) is 14.2. The maximum absolute atomic E-state index is 9.23. The van der Waals surface area contributed by atoms with Gasteiger partial charge in [-0.2, -0.15) is 5.10 Å². The summed E-state index contributed by atoms with van der Waals surface area (Å²) in [5, 5.41) is 18.2. The van der Waals surface area contributed by atoms with Gasteiger partial charge in [0.2, 0.25) is 0 Å². The molecule has 3 rings (SSSR count). The van der Waals surface area contributed by atoms with Crippen LogP contribution in [0.4, 0.5) is 5.69 Å². The summed E-state index contributed by atoms with van der Waals surface area (Å²) in [6.45, 7) is 0.316. The van der Waals surface area contributed by atoms with Gasteiger partial charge in [-0.25, -0.2) is 0 Å². The van der Waals surface area contributed by atoms with Crippen molar-refractivity contribution in [3.8, 4) is 5.75 Å².